The number of anilines is 1. The third kappa shape index (κ3) is 3.06. The van der Waals surface area contributed by atoms with E-state index in [2.05, 4.69) is 0 Å². The monoisotopic (exact) mass is 503 g/mol. The average molecular weight is 504 g/mol. The third-order valence-electron chi connectivity index (χ3n) is 11.8. The minimum absolute atomic E-state index is 0.0893. The fraction of sp³-hybridized carbons (Fsp3) is 0.700. The van der Waals surface area contributed by atoms with Crippen LogP contribution in [-0.2, 0) is 4.79 Å². The summed E-state index contributed by atoms with van der Waals surface area (Å²) in [7, 11) is 0. The molecule has 5 atom stereocenters. The van der Waals surface area contributed by atoms with Gasteiger partial charge in [0, 0.05) is 38.3 Å². The third-order valence-corrected chi connectivity index (χ3v) is 11.8. The lowest BCUT2D eigenvalue weighted by Gasteiger charge is -2.76. The zero-order valence-electron chi connectivity index (χ0n) is 21.7. The number of benzene rings is 1. The molecule has 6 aliphatic rings. The second-order valence-electron chi connectivity index (χ2n) is 13.3. The molecule has 6 fully saturated rings. The van der Waals surface area contributed by atoms with Crippen molar-refractivity contribution in [1.29, 1.82) is 0 Å². The van der Waals surface area contributed by atoms with Crippen molar-refractivity contribution >= 4 is 22.8 Å². The van der Waals surface area contributed by atoms with Crippen LogP contribution in [0.15, 0.2) is 29.1 Å². The molecular weight excluding hydrogens is 464 g/mol. The van der Waals surface area contributed by atoms with Crippen molar-refractivity contribution in [2.45, 2.75) is 113 Å². The van der Waals surface area contributed by atoms with Crippen LogP contribution in [0.3, 0.4) is 0 Å². The summed E-state index contributed by atoms with van der Waals surface area (Å²) in [5.41, 5.74) is 1.62. The van der Waals surface area contributed by atoms with Gasteiger partial charge in [0.25, 0.3) is 5.56 Å². The molecule has 8 rings (SSSR count). The lowest BCUT2D eigenvalue weighted by Crippen LogP contribution is -2.88. The number of carboxylic acid groups (broad SMARTS) is 1. The van der Waals surface area contributed by atoms with Crippen molar-refractivity contribution in [2.75, 3.05) is 11.4 Å². The predicted octanol–water partition coefficient (Wildman–Crippen LogP) is 4.48. The van der Waals surface area contributed by atoms with Gasteiger partial charge in [-0.1, -0.05) is 37.8 Å². The molecule has 1 aromatic heterocycles. The van der Waals surface area contributed by atoms with E-state index in [9.17, 15) is 14.7 Å². The SMILES string of the molecule is O=C(O)C1CCN1c1nc2ccccc2n(C2CC3CC4CC(C2)[N+]34C2CC3CCCCC(C3)C2)c1=O. The number of nitrogens with zero attached hydrogens (tertiary/aromatic N) is 4. The van der Waals surface area contributed by atoms with Crippen LogP contribution in [0.25, 0.3) is 11.0 Å². The smallest absolute Gasteiger partial charge is 0.326 e. The summed E-state index contributed by atoms with van der Waals surface area (Å²) in [4.78, 5) is 32.2. The highest BCUT2D eigenvalue weighted by Gasteiger charge is 2.72. The molecule has 5 unspecified atom stereocenters. The van der Waals surface area contributed by atoms with Crippen molar-refractivity contribution in [3.05, 3.63) is 34.6 Å². The number of aromatic nitrogens is 2. The van der Waals surface area contributed by atoms with Crippen molar-refractivity contribution in [3.8, 4) is 0 Å². The van der Waals surface area contributed by atoms with Gasteiger partial charge in [-0.05, 0) is 36.8 Å². The van der Waals surface area contributed by atoms with Gasteiger partial charge < -0.3 is 19.1 Å². The quantitative estimate of drug-likeness (QED) is 0.623. The minimum Gasteiger partial charge on any atom is -0.480 e. The van der Waals surface area contributed by atoms with Crippen LogP contribution < -0.4 is 10.5 Å². The molecule has 2 bridgehead atoms. The van der Waals surface area contributed by atoms with Crippen LogP contribution in [0.5, 0.6) is 0 Å². The Hall–Kier alpha value is -2.41. The van der Waals surface area contributed by atoms with Crippen LogP contribution >= 0.6 is 0 Å². The van der Waals surface area contributed by atoms with Gasteiger partial charge in [-0.15, -0.1) is 0 Å². The van der Waals surface area contributed by atoms with Crippen LogP contribution in [0.1, 0.15) is 83.1 Å². The maximum atomic E-state index is 14.0. The fourth-order valence-corrected chi connectivity index (χ4v) is 10.3. The van der Waals surface area contributed by atoms with Gasteiger partial charge in [0.2, 0.25) is 0 Å². The molecule has 2 saturated carbocycles. The number of piperidine rings is 2. The van der Waals surface area contributed by atoms with Gasteiger partial charge in [0.15, 0.2) is 5.82 Å². The second kappa shape index (κ2) is 8.05. The minimum atomic E-state index is -0.866. The molecule has 0 spiro atoms. The van der Waals surface area contributed by atoms with E-state index in [0.29, 0.717) is 30.9 Å². The van der Waals surface area contributed by atoms with Crippen molar-refractivity contribution in [1.82, 2.24) is 9.55 Å². The van der Waals surface area contributed by atoms with Crippen molar-refractivity contribution in [3.63, 3.8) is 0 Å². The number of hydrogen-bond donors (Lipinski definition) is 1. The molecule has 2 aliphatic carbocycles. The van der Waals surface area contributed by atoms with Crippen LogP contribution in [0, 0.1) is 11.8 Å². The van der Waals surface area contributed by atoms with E-state index in [-0.39, 0.29) is 11.6 Å². The van der Waals surface area contributed by atoms with Crippen molar-refractivity contribution in [2.24, 2.45) is 11.8 Å². The number of para-hydroxylation sites is 2. The second-order valence-corrected chi connectivity index (χ2v) is 13.3. The van der Waals surface area contributed by atoms with Gasteiger partial charge in [0.1, 0.15) is 12.1 Å². The first-order valence-electron chi connectivity index (χ1n) is 14.9. The van der Waals surface area contributed by atoms with Crippen molar-refractivity contribution < 1.29 is 14.4 Å². The first kappa shape index (κ1) is 22.6. The van der Waals surface area contributed by atoms with E-state index in [1.807, 2.05) is 28.8 Å². The highest BCUT2D eigenvalue weighted by Crippen LogP contribution is 2.63. The van der Waals surface area contributed by atoms with Gasteiger partial charge in [-0.25, -0.2) is 9.78 Å². The topological polar surface area (TPSA) is 75.4 Å². The zero-order valence-corrected chi connectivity index (χ0v) is 21.7. The normalized spacial score (nSPS) is 42.1. The van der Waals surface area contributed by atoms with Crippen LogP contribution in [0.2, 0.25) is 0 Å². The average Bonchev–Trinajstić information content (AvgIpc) is 2.99. The fourth-order valence-electron chi connectivity index (χ4n) is 10.3. The van der Waals surface area contributed by atoms with Gasteiger partial charge in [-0.2, -0.15) is 0 Å². The number of hydrogen-bond acceptors (Lipinski definition) is 4. The number of carbonyl (C=O) groups is 1. The lowest BCUT2D eigenvalue weighted by molar-refractivity contribution is -1.10. The lowest BCUT2D eigenvalue weighted by atomic mass is 9.60. The molecule has 5 heterocycles. The molecule has 7 heteroatoms. The van der Waals surface area contributed by atoms with Gasteiger partial charge >= 0.3 is 5.97 Å². The Morgan fingerprint density at radius 3 is 2.14 bits per heavy atom. The van der Waals surface area contributed by atoms with E-state index >= 15 is 0 Å². The van der Waals surface area contributed by atoms with Gasteiger partial charge in [0.05, 0.1) is 42.0 Å². The molecule has 1 aromatic carbocycles. The highest BCUT2D eigenvalue weighted by molar-refractivity contribution is 5.81. The maximum absolute atomic E-state index is 14.0. The highest BCUT2D eigenvalue weighted by atomic mass is 16.4. The molecule has 7 nitrogen and oxygen atoms in total. The first-order chi connectivity index (χ1) is 18.0. The molecule has 2 aromatic rings. The summed E-state index contributed by atoms with van der Waals surface area (Å²) in [6, 6.07) is 10.6. The number of rotatable bonds is 4. The van der Waals surface area contributed by atoms with Crippen LogP contribution in [0.4, 0.5) is 5.82 Å². The Labute approximate surface area is 218 Å². The Morgan fingerprint density at radius 2 is 1.51 bits per heavy atom. The number of fused-ring (bicyclic) bond motifs is 3. The molecule has 0 amide bonds. The maximum Gasteiger partial charge on any atom is 0.326 e. The Morgan fingerprint density at radius 1 is 0.865 bits per heavy atom. The standard InChI is InChI=1S/C30H38N4O3/c35-29-28(32-10-9-27(32)30(36)37)31-25-7-3-4-8-26(25)33(29)20-14-22-16-24-17-23(15-20)34(22,24)21-12-18-5-1-2-6-19(11-18)13-21/h3-4,7-8,18-24,27H,1-2,5-6,9-17H2/p+1. The molecule has 37 heavy (non-hydrogen) atoms. The first-order valence-corrected chi connectivity index (χ1v) is 14.9. The largest absolute Gasteiger partial charge is 0.480 e. The summed E-state index contributed by atoms with van der Waals surface area (Å²) >= 11 is 0. The molecule has 4 aliphatic heterocycles. The summed E-state index contributed by atoms with van der Waals surface area (Å²) in [6.45, 7) is 0.582. The van der Waals surface area contributed by atoms with E-state index in [1.165, 1.54) is 62.3 Å². The van der Waals surface area contributed by atoms with E-state index in [4.69, 9.17) is 4.98 Å². The predicted molar refractivity (Wildman–Crippen MR) is 142 cm³/mol. The zero-order chi connectivity index (χ0) is 24.9. The Balaban J connectivity index is 1.14. The van der Waals surface area contributed by atoms with E-state index in [0.717, 1.165) is 47.8 Å². The Bertz CT molecular complexity index is 1290. The molecule has 4 saturated heterocycles. The molecule has 1 N–H and O–H groups in total. The number of quaternary nitrogens is 1. The molecular formula is C30H39N4O3+. The summed E-state index contributed by atoms with van der Waals surface area (Å²) in [5.74, 6) is 1.37. The molecule has 196 valence electrons. The number of aliphatic carboxylic acids is 1. The Kier molecular flexibility index (Phi) is 4.91. The summed E-state index contributed by atoms with van der Waals surface area (Å²) < 4.78 is 3.44. The summed E-state index contributed by atoms with van der Waals surface area (Å²) in [5, 5.41) is 9.65. The molecule has 0 radical (unpaired) electrons. The van der Waals surface area contributed by atoms with Gasteiger partial charge in [-0.3, -0.25) is 4.79 Å². The number of carboxylic acids is 1. The summed E-state index contributed by atoms with van der Waals surface area (Å²) in [6.07, 6.45) is 15.5. The van der Waals surface area contributed by atoms with Crippen LogP contribution in [-0.4, -0.2) is 61.9 Å². The van der Waals surface area contributed by atoms with E-state index < -0.39 is 12.0 Å². The van der Waals surface area contributed by atoms with E-state index in [1.54, 1.807) is 4.90 Å².